The first kappa shape index (κ1) is 22.7. The molecule has 0 unspecified atom stereocenters. The van der Waals surface area contributed by atoms with E-state index in [0.717, 1.165) is 18.2 Å². The summed E-state index contributed by atoms with van der Waals surface area (Å²) in [7, 11) is 0. The fourth-order valence-electron chi connectivity index (χ4n) is 2.93. The summed E-state index contributed by atoms with van der Waals surface area (Å²) in [6.45, 7) is 5.64. The van der Waals surface area contributed by atoms with Crippen molar-refractivity contribution in [1.82, 2.24) is 10.2 Å². The van der Waals surface area contributed by atoms with Crippen LogP contribution < -0.4 is 5.32 Å². The average Bonchev–Trinajstić information content (AvgIpc) is 2.64. The molecule has 2 amide bonds. The number of nitrogens with one attached hydrogen (secondary N) is 1. The monoisotopic (exact) mass is 416 g/mol. The van der Waals surface area contributed by atoms with Gasteiger partial charge in [-0.15, -0.1) is 0 Å². The van der Waals surface area contributed by atoms with Crippen LogP contribution in [-0.4, -0.2) is 47.9 Å². The van der Waals surface area contributed by atoms with E-state index in [-0.39, 0.29) is 25.4 Å². The van der Waals surface area contributed by atoms with Crippen molar-refractivity contribution in [2.24, 2.45) is 5.92 Å². The van der Waals surface area contributed by atoms with Crippen LogP contribution in [0.2, 0.25) is 0 Å². The molecule has 2 rings (SSSR count). The van der Waals surface area contributed by atoms with Gasteiger partial charge in [-0.2, -0.15) is 13.2 Å². The Bertz CT molecular complexity index is 770. The minimum Gasteiger partial charge on any atom is -0.444 e. The molecule has 0 bridgehead atoms. The van der Waals surface area contributed by atoms with E-state index < -0.39 is 29.2 Å². The number of amides is 2. The lowest BCUT2D eigenvalue weighted by atomic mass is 9.96. The Hall–Kier alpha value is -2.58. The lowest BCUT2D eigenvalue weighted by Crippen LogP contribution is -2.45. The zero-order valence-corrected chi connectivity index (χ0v) is 16.6. The first-order valence-electron chi connectivity index (χ1n) is 9.33. The Labute approximate surface area is 168 Å². The molecule has 29 heavy (non-hydrogen) atoms. The maximum Gasteiger partial charge on any atom is 0.416 e. The molecule has 1 saturated heterocycles. The molecule has 0 aliphatic carbocycles. The van der Waals surface area contributed by atoms with Gasteiger partial charge in [0, 0.05) is 26.0 Å². The quantitative estimate of drug-likeness (QED) is 0.756. The van der Waals surface area contributed by atoms with Gasteiger partial charge < -0.3 is 15.0 Å². The third-order valence-corrected chi connectivity index (χ3v) is 4.45. The van der Waals surface area contributed by atoms with Crippen molar-refractivity contribution >= 4 is 17.8 Å². The van der Waals surface area contributed by atoms with E-state index in [4.69, 9.17) is 4.74 Å². The summed E-state index contributed by atoms with van der Waals surface area (Å²) < 4.78 is 43.5. The number of rotatable bonds is 4. The second kappa shape index (κ2) is 8.84. The molecular weight excluding hydrogens is 389 g/mol. The van der Waals surface area contributed by atoms with Crippen molar-refractivity contribution in [3.05, 3.63) is 35.4 Å². The molecule has 0 radical (unpaired) electrons. The molecule has 9 heteroatoms. The molecule has 1 aromatic rings. The lowest BCUT2D eigenvalue weighted by Gasteiger charge is -2.32. The molecule has 1 aromatic carbocycles. The molecule has 0 aromatic heterocycles. The number of hydrogen-bond acceptors (Lipinski definition) is 4. The van der Waals surface area contributed by atoms with Crippen LogP contribution in [0.25, 0.3) is 0 Å². The third kappa shape index (κ3) is 6.76. The van der Waals surface area contributed by atoms with Crippen LogP contribution in [0.1, 0.15) is 51.0 Å². The summed E-state index contributed by atoms with van der Waals surface area (Å²) in [4.78, 5) is 38.0. The van der Waals surface area contributed by atoms with Gasteiger partial charge in [-0.25, -0.2) is 4.79 Å². The van der Waals surface area contributed by atoms with Crippen molar-refractivity contribution in [2.45, 2.75) is 45.4 Å². The van der Waals surface area contributed by atoms with Crippen LogP contribution in [0.15, 0.2) is 24.3 Å². The Morgan fingerprint density at radius 1 is 1.17 bits per heavy atom. The third-order valence-electron chi connectivity index (χ3n) is 4.45. The number of ether oxygens (including phenoxy) is 1. The highest BCUT2D eigenvalue weighted by molar-refractivity contribution is 5.99. The number of piperidine rings is 1. The van der Waals surface area contributed by atoms with Crippen LogP contribution >= 0.6 is 0 Å². The van der Waals surface area contributed by atoms with Gasteiger partial charge in [0.05, 0.1) is 12.1 Å². The highest BCUT2D eigenvalue weighted by atomic mass is 19.4. The molecule has 0 spiro atoms. The van der Waals surface area contributed by atoms with Gasteiger partial charge in [-0.05, 0) is 45.7 Å². The molecule has 0 atom stereocenters. The van der Waals surface area contributed by atoms with Crippen LogP contribution in [0.4, 0.5) is 18.0 Å². The number of benzene rings is 1. The van der Waals surface area contributed by atoms with Gasteiger partial charge in [0.1, 0.15) is 5.60 Å². The first-order chi connectivity index (χ1) is 13.4. The van der Waals surface area contributed by atoms with Crippen LogP contribution in [0.5, 0.6) is 0 Å². The van der Waals surface area contributed by atoms with Gasteiger partial charge in [0.25, 0.3) is 0 Å². The van der Waals surface area contributed by atoms with Crippen molar-refractivity contribution in [2.75, 3.05) is 19.6 Å². The molecule has 6 nitrogen and oxygen atoms in total. The van der Waals surface area contributed by atoms with Gasteiger partial charge in [-0.3, -0.25) is 9.59 Å². The van der Waals surface area contributed by atoms with Crippen molar-refractivity contribution in [3.8, 4) is 0 Å². The number of carbonyl (C=O) groups excluding carboxylic acids is 3. The van der Waals surface area contributed by atoms with E-state index in [9.17, 15) is 27.6 Å². The van der Waals surface area contributed by atoms with Crippen molar-refractivity contribution in [1.29, 1.82) is 0 Å². The number of halogens is 3. The molecule has 1 aliphatic heterocycles. The summed E-state index contributed by atoms with van der Waals surface area (Å²) in [6, 6.07) is 4.09. The molecule has 1 heterocycles. The highest BCUT2D eigenvalue weighted by Gasteiger charge is 2.32. The van der Waals surface area contributed by atoms with E-state index in [1.54, 1.807) is 20.8 Å². The maximum absolute atomic E-state index is 12.7. The number of likely N-dealkylation sites (tertiary alicyclic amines) is 1. The highest BCUT2D eigenvalue weighted by Crippen LogP contribution is 2.29. The van der Waals surface area contributed by atoms with E-state index in [0.29, 0.717) is 25.9 Å². The fourth-order valence-corrected chi connectivity index (χ4v) is 2.93. The average molecular weight is 416 g/mol. The molecule has 1 N–H and O–H groups in total. The number of alkyl halides is 3. The molecule has 1 fully saturated rings. The molecule has 0 saturated carbocycles. The smallest absolute Gasteiger partial charge is 0.416 e. The summed E-state index contributed by atoms with van der Waals surface area (Å²) in [5.41, 5.74) is -1.63. The van der Waals surface area contributed by atoms with Gasteiger partial charge in [0.2, 0.25) is 5.91 Å². The summed E-state index contributed by atoms with van der Waals surface area (Å²) >= 11 is 0. The number of carbonyl (C=O) groups is 3. The van der Waals surface area contributed by atoms with Gasteiger partial charge in [0.15, 0.2) is 5.78 Å². The minimum atomic E-state index is -4.54. The van der Waals surface area contributed by atoms with E-state index >= 15 is 0 Å². The summed E-state index contributed by atoms with van der Waals surface area (Å²) in [6.07, 6.45) is -4.14. The van der Waals surface area contributed by atoms with Crippen LogP contribution in [0, 0.1) is 5.92 Å². The van der Waals surface area contributed by atoms with Crippen molar-refractivity contribution in [3.63, 3.8) is 0 Å². The normalized spacial score (nSPS) is 15.7. The Balaban J connectivity index is 0.00000450. The minimum absolute atomic E-state index is 0. The number of Topliss-reactive ketones (excluding diaryl/α,β-unsaturated/α-hetero) is 1. The van der Waals surface area contributed by atoms with E-state index in [1.165, 1.54) is 11.0 Å². The Morgan fingerprint density at radius 3 is 2.34 bits per heavy atom. The fraction of sp³-hybridized carbons (Fsp3) is 0.550. The van der Waals surface area contributed by atoms with E-state index in [2.05, 4.69) is 5.32 Å². The standard InChI is InChI=1S/C20H25F3N2O4.H2/c1-19(2,3)29-18(28)25-9-7-13(8-10-25)17(27)24-12-16(26)14-5-4-6-15(11-14)20(21,22)23;/h4-6,11,13H,7-10,12H2,1-3H3,(H,24,27);1H. The topological polar surface area (TPSA) is 75.7 Å². The largest absolute Gasteiger partial charge is 0.444 e. The predicted octanol–water partition coefficient (Wildman–Crippen LogP) is 3.90. The zero-order chi connectivity index (χ0) is 21.8. The molecule has 162 valence electrons. The van der Waals surface area contributed by atoms with Crippen LogP contribution in [0.3, 0.4) is 0 Å². The predicted molar refractivity (Wildman–Crippen MR) is 101 cm³/mol. The van der Waals surface area contributed by atoms with E-state index in [1.807, 2.05) is 0 Å². The van der Waals surface area contributed by atoms with Crippen LogP contribution in [-0.2, 0) is 15.7 Å². The second-order valence-corrected chi connectivity index (χ2v) is 7.96. The van der Waals surface area contributed by atoms with Crippen molar-refractivity contribution < 1.29 is 33.7 Å². The molecular formula is C20H27F3N2O4. The number of nitrogens with zero attached hydrogens (tertiary/aromatic N) is 1. The maximum atomic E-state index is 12.7. The number of hydrogen-bond donors (Lipinski definition) is 1. The lowest BCUT2D eigenvalue weighted by molar-refractivity contribution is -0.137. The summed E-state index contributed by atoms with van der Waals surface area (Å²) in [5.74, 6) is -1.33. The van der Waals surface area contributed by atoms with Gasteiger partial charge >= 0.3 is 12.3 Å². The Morgan fingerprint density at radius 2 is 1.79 bits per heavy atom. The summed E-state index contributed by atoms with van der Waals surface area (Å²) in [5, 5.41) is 2.49. The zero-order valence-electron chi connectivity index (χ0n) is 16.6. The Kier molecular flexibility index (Phi) is 6.92. The van der Waals surface area contributed by atoms with Gasteiger partial charge in [-0.1, -0.05) is 12.1 Å². The number of ketones is 1. The molecule has 1 aliphatic rings. The second-order valence-electron chi connectivity index (χ2n) is 7.96. The first-order valence-corrected chi connectivity index (χ1v) is 9.33. The SMILES string of the molecule is CC(C)(C)OC(=O)N1CCC(C(=O)NCC(=O)c2cccc(C(F)(F)F)c2)CC1.[HH].